The first-order valence-electron chi connectivity index (χ1n) is 10.6. The molecule has 1 aliphatic heterocycles. The number of nitrogens with one attached hydrogen (secondary N) is 2. The van der Waals surface area contributed by atoms with Crippen LogP contribution in [0.5, 0.6) is 5.75 Å². The van der Waals surface area contributed by atoms with Crippen molar-refractivity contribution >= 4 is 29.0 Å². The maximum atomic E-state index is 12.6. The van der Waals surface area contributed by atoms with Gasteiger partial charge in [-0.2, -0.15) is 4.98 Å². The van der Waals surface area contributed by atoms with Crippen molar-refractivity contribution in [1.82, 2.24) is 30.6 Å². The Kier molecular flexibility index (Phi) is 6.54. The molecule has 4 rings (SSSR count). The minimum atomic E-state index is -0.774. The van der Waals surface area contributed by atoms with E-state index in [0.717, 1.165) is 25.9 Å². The summed E-state index contributed by atoms with van der Waals surface area (Å²) in [6, 6.07) is 6.62. The summed E-state index contributed by atoms with van der Waals surface area (Å²) in [5.41, 5.74) is 12.2. The third kappa shape index (κ3) is 4.88. The average Bonchev–Trinajstić information content (AvgIpc) is 3.31. The van der Waals surface area contributed by atoms with E-state index in [-0.39, 0.29) is 35.0 Å². The summed E-state index contributed by atoms with van der Waals surface area (Å²) in [5.74, 6) is -0.736. The van der Waals surface area contributed by atoms with Gasteiger partial charge >= 0.3 is 11.8 Å². The summed E-state index contributed by atoms with van der Waals surface area (Å²) in [4.78, 5) is 30.8. The highest BCUT2D eigenvalue weighted by Crippen LogP contribution is 2.37. The van der Waals surface area contributed by atoms with Gasteiger partial charge in [0.25, 0.3) is 5.91 Å². The molecule has 0 bridgehead atoms. The number of benzene rings is 1. The smallest absolute Gasteiger partial charge is 0.316 e. The number of aromatic nitrogens is 4. The number of carbonyl (C=O) groups excluding carboxylic acids is 2. The number of hydrogen-bond donors (Lipinski definition) is 4. The van der Waals surface area contributed by atoms with E-state index in [1.807, 2.05) is 7.05 Å². The third-order valence-corrected chi connectivity index (χ3v) is 5.45. The lowest BCUT2D eigenvalue weighted by Crippen LogP contribution is -2.43. The molecule has 3 aromatic rings. The fourth-order valence-corrected chi connectivity index (χ4v) is 3.69. The van der Waals surface area contributed by atoms with E-state index in [9.17, 15) is 9.59 Å². The van der Waals surface area contributed by atoms with E-state index in [0.29, 0.717) is 17.0 Å². The molecule has 0 saturated carbocycles. The van der Waals surface area contributed by atoms with Gasteiger partial charge in [0.15, 0.2) is 11.4 Å². The number of anilines is 3. The predicted molar refractivity (Wildman–Crippen MR) is 123 cm³/mol. The second kappa shape index (κ2) is 9.70. The van der Waals surface area contributed by atoms with Gasteiger partial charge in [-0.1, -0.05) is 11.2 Å². The van der Waals surface area contributed by atoms with Crippen LogP contribution in [0.3, 0.4) is 0 Å². The summed E-state index contributed by atoms with van der Waals surface area (Å²) in [6.45, 7) is 1.82. The summed E-state index contributed by atoms with van der Waals surface area (Å²) in [7, 11) is 3.51. The number of carbonyl (C=O) groups is 2. The van der Waals surface area contributed by atoms with Gasteiger partial charge in [0.05, 0.1) is 24.0 Å². The van der Waals surface area contributed by atoms with Crippen LogP contribution in [0.15, 0.2) is 28.8 Å². The molecular formula is C21H25N9O4. The zero-order valence-electron chi connectivity index (χ0n) is 18.7. The van der Waals surface area contributed by atoms with Crippen molar-refractivity contribution in [2.45, 2.75) is 18.9 Å². The SMILES string of the molecule is COc1c(Nc2cc(N)nnc2C(N)=O)cccc1-c1noc(C(=O)NC2CCN(C)CC2)n1. The van der Waals surface area contributed by atoms with Crippen LogP contribution in [0, 0.1) is 0 Å². The lowest BCUT2D eigenvalue weighted by molar-refractivity contribution is 0.0872. The van der Waals surface area contributed by atoms with Crippen molar-refractivity contribution in [3.8, 4) is 17.1 Å². The monoisotopic (exact) mass is 467 g/mol. The number of methoxy groups -OCH3 is 1. The first kappa shape index (κ1) is 22.9. The first-order chi connectivity index (χ1) is 16.4. The second-order valence-electron chi connectivity index (χ2n) is 7.88. The van der Waals surface area contributed by atoms with Gasteiger partial charge in [-0.05, 0) is 45.1 Å². The highest BCUT2D eigenvalue weighted by Gasteiger charge is 2.24. The van der Waals surface area contributed by atoms with Gasteiger partial charge in [-0.15, -0.1) is 10.2 Å². The zero-order valence-corrected chi connectivity index (χ0v) is 18.7. The summed E-state index contributed by atoms with van der Waals surface area (Å²) >= 11 is 0. The number of nitrogens with two attached hydrogens (primary N) is 2. The topological polar surface area (TPSA) is 187 Å². The molecule has 1 saturated heterocycles. The third-order valence-electron chi connectivity index (χ3n) is 5.45. The van der Waals surface area contributed by atoms with Crippen molar-refractivity contribution < 1.29 is 18.8 Å². The lowest BCUT2D eigenvalue weighted by Gasteiger charge is -2.28. The zero-order chi connectivity index (χ0) is 24.2. The Morgan fingerprint density at radius 3 is 2.68 bits per heavy atom. The number of piperidine rings is 1. The van der Waals surface area contributed by atoms with E-state index in [1.165, 1.54) is 13.2 Å². The fraction of sp³-hybridized carbons (Fsp3) is 0.333. The van der Waals surface area contributed by atoms with E-state index in [4.69, 9.17) is 20.7 Å². The van der Waals surface area contributed by atoms with Crippen molar-refractivity contribution in [3.63, 3.8) is 0 Å². The Morgan fingerprint density at radius 2 is 1.97 bits per heavy atom. The van der Waals surface area contributed by atoms with Crippen LogP contribution in [0.1, 0.15) is 34.0 Å². The summed E-state index contributed by atoms with van der Waals surface area (Å²) < 4.78 is 10.8. The molecule has 178 valence electrons. The Hall–Kier alpha value is -4.26. The van der Waals surface area contributed by atoms with Crippen molar-refractivity contribution in [2.24, 2.45) is 5.73 Å². The molecule has 0 atom stereocenters. The Morgan fingerprint density at radius 1 is 1.21 bits per heavy atom. The maximum absolute atomic E-state index is 12.6. The predicted octanol–water partition coefficient (Wildman–Crippen LogP) is 0.784. The number of amides is 2. The minimum absolute atomic E-state index is 0.0574. The highest BCUT2D eigenvalue weighted by molar-refractivity contribution is 5.98. The van der Waals surface area contributed by atoms with Crippen LogP contribution in [0.4, 0.5) is 17.2 Å². The Bertz CT molecular complexity index is 1200. The molecule has 3 heterocycles. The van der Waals surface area contributed by atoms with E-state index in [2.05, 4.69) is 35.9 Å². The van der Waals surface area contributed by atoms with Crippen LogP contribution in [-0.2, 0) is 0 Å². The summed E-state index contributed by atoms with van der Waals surface area (Å²) in [6.07, 6.45) is 1.71. The van der Waals surface area contributed by atoms with Crippen molar-refractivity contribution in [3.05, 3.63) is 35.9 Å². The van der Waals surface area contributed by atoms with Crippen LogP contribution < -0.4 is 26.8 Å². The molecule has 2 aromatic heterocycles. The number of nitrogens with zero attached hydrogens (tertiary/aromatic N) is 5. The van der Waals surface area contributed by atoms with Gasteiger partial charge in [-0.25, -0.2) is 0 Å². The largest absolute Gasteiger partial charge is 0.494 e. The van der Waals surface area contributed by atoms with Crippen LogP contribution in [-0.4, -0.2) is 70.3 Å². The van der Waals surface area contributed by atoms with Gasteiger partial charge in [0.2, 0.25) is 5.82 Å². The fourth-order valence-electron chi connectivity index (χ4n) is 3.69. The molecule has 1 aromatic carbocycles. The van der Waals surface area contributed by atoms with Crippen LogP contribution in [0.2, 0.25) is 0 Å². The number of rotatable bonds is 7. The van der Waals surface area contributed by atoms with Crippen molar-refractivity contribution in [2.75, 3.05) is 38.3 Å². The van der Waals surface area contributed by atoms with E-state index < -0.39 is 11.8 Å². The molecule has 0 aliphatic carbocycles. The number of likely N-dealkylation sites (tertiary alicyclic amines) is 1. The van der Waals surface area contributed by atoms with E-state index >= 15 is 0 Å². The van der Waals surface area contributed by atoms with Crippen molar-refractivity contribution in [1.29, 1.82) is 0 Å². The van der Waals surface area contributed by atoms with E-state index in [1.54, 1.807) is 18.2 Å². The number of primary amides is 1. The lowest BCUT2D eigenvalue weighted by atomic mass is 10.1. The van der Waals surface area contributed by atoms with Gasteiger partial charge in [0.1, 0.15) is 5.82 Å². The number of nitrogen functional groups attached to an aromatic ring is 1. The number of ether oxygens (including phenoxy) is 1. The minimum Gasteiger partial charge on any atom is -0.494 e. The average molecular weight is 467 g/mol. The molecule has 2 amide bonds. The van der Waals surface area contributed by atoms with Gasteiger partial charge in [-0.3, -0.25) is 9.59 Å². The van der Waals surface area contributed by atoms with Crippen LogP contribution in [0.25, 0.3) is 11.4 Å². The highest BCUT2D eigenvalue weighted by atomic mass is 16.5. The number of hydrogen-bond acceptors (Lipinski definition) is 11. The Balaban J connectivity index is 1.58. The molecular weight excluding hydrogens is 442 g/mol. The number of para-hydroxylation sites is 1. The van der Waals surface area contributed by atoms with Crippen LogP contribution >= 0.6 is 0 Å². The summed E-state index contributed by atoms with van der Waals surface area (Å²) in [5, 5.41) is 17.3. The first-order valence-corrected chi connectivity index (χ1v) is 10.6. The molecule has 13 nitrogen and oxygen atoms in total. The normalized spacial score (nSPS) is 14.5. The van der Waals surface area contributed by atoms with Gasteiger partial charge < -0.3 is 36.3 Å². The standard InChI is InChI=1S/C21H25N9O4/c1-30-8-6-11(7-9-30)24-20(32)21-26-19(29-34-21)12-4-3-5-13(17(12)33-2)25-14-10-15(22)27-28-16(14)18(23)31/h3-5,10-11H,6-9H2,1-2H3,(H2,23,31)(H,24,32)(H3,22,25,27). The molecule has 1 fully saturated rings. The Labute approximate surface area is 194 Å². The van der Waals surface area contributed by atoms with Gasteiger partial charge in [0, 0.05) is 12.1 Å². The molecule has 1 aliphatic rings. The molecule has 0 radical (unpaired) electrons. The molecule has 13 heteroatoms. The molecule has 0 spiro atoms. The second-order valence-corrected chi connectivity index (χ2v) is 7.88. The molecule has 6 N–H and O–H groups in total. The molecule has 0 unspecified atom stereocenters. The quantitative estimate of drug-likeness (QED) is 0.384. The maximum Gasteiger partial charge on any atom is 0.316 e. The molecule has 34 heavy (non-hydrogen) atoms.